The lowest BCUT2D eigenvalue weighted by Gasteiger charge is -2.04. The number of amides is 1. The van der Waals surface area contributed by atoms with E-state index in [1.165, 1.54) is 0 Å². The summed E-state index contributed by atoms with van der Waals surface area (Å²) in [6, 6.07) is 0. The number of carbonyl (C=O) groups excluding carboxylic acids is 1. The minimum atomic E-state index is -0.128. The summed E-state index contributed by atoms with van der Waals surface area (Å²) in [6.45, 7) is 0.278. The molecule has 0 aromatic rings. The fourth-order valence-corrected chi connectivity index (χ4v) is 0.711. The van der Waals surface area contributed by atoms with E-state index in [-0.39, 0.29) is 12.5 Å². The van der Waals surface area contributed by atoms with Gasteiger partial charge in [-0.15, -0.1) is 4.99 Å². The molecule has 0 atom stereocenters. The Bertz CT molecular complexity index is 226. The number of aliphatic imine (C=N–C) groups is 1. The topological polar surface area (TPSA) is 68.5 Å². The van der Waals surface area contributed by atoms with E-state index in [0.29, 0.717) is 5.96 Å². The molecule has 0 aromatic carbocycles. The van der Waals surface area contributed by atoms with Gasteiger partial charge in [0.25, 0.3) is 0 Å². The molecule has 5 heteroatoms. The highest BCUT2D eigenvalue weighted by Crippen LogP contribution is 1.92. The molecule has 10 heavy (non-hydrogen) atoms. The van der Waals surface area contributed by atoms with Crippen molar-refractivity contribution in [2.45, 2.75) is 0 Å². The van der Waals surface area contributed by atoms with Crippen molar-refractivity contribution < 1.29 is 4.79 Å². The maximum absolute atomic E-state index is 10.6. The van der Waals surface area contributed by atoms with Crippen molar-refractivity contribution in [3.63, 3.8) is 0 Å². The zero-order valence-corrected chi connectivity index (χ0v) is 5.46. The van der Waals surface area contributed by atoms with Crippen LogP contribution in [0.3, 0.4) is 0 Å². The van der Waals surface area contributed by atoms with Gasteiger partial charge in [0.1, 0.15) is 0 Å². The maximum atomic E-state index is 10.6. The average molecular weight is 138 g/mol. The summed E-state index contributed by atoms with van der Waals surface area (Å²) >= 11 is 0. The fraction of sp³-hybridized carbons (Fsp3) is 0.400. The third-order valence-electron chi connectivity index (χ3n) is 1.15. The molecule has 1 N–H and O–H groups in total. The molecule has 52 valence electrons. The first-order valence-electron chi connectivity index (χ1n) is 2.72. The first kappa shape index (κ1) is 6.55. The Kier molecular flexibility index (Phi) is 1.54. The number of hydrogen-bond donors (Lipinski definition) is 1. The molecule has 0 aliphatic carbocycles. The normalized spacial score (nSPS) is 21.0. The lowest BCUT2D eigenvalue weighted by molar-refractivity contribution is -0.118. The molecule has 1 saturated heterocycles. The minimum Gasteiger partial charge on any atom is -0.335 e. The second kappa shape index (κ2) is 2.35. The number of likely N-dealkylation sites (N-methyl/N-ethyl adjacent to an activating group) is 1. The Balaban J connectivity index is 2.74. The van der Waals surface area contributed by atoms with E-state index in [1.807, 2.05) is 0 Å². The zero-order valence-electron chi connectivity index (χ0n) is 5.46. The van der Waals surface area contributed by atoms with E-state index in [9.17, 15) is 4.79 Å². The predicted molar refractivity (Wildman–Crippen MR) is 33.8 cm³/mol. The first-order valence-corrected chi connectivity index (χ1v) is 2.72. The molecule has 1 heterocycles. The van der Waals surface area contributed by atoms with Gasteiger partial charge in [0, 0.05) is 7.05 Å². The van der Waals surface area contributed by atoms with Crippen molar-refractivity contribution in [3.05, 3.63) is 0 Å². The summed E-state index contributed by atoms with van der Waals surface area (Å²) in [5.41, 5.74) is 0. The van der Waals surface area contributed by atoms with Crippen molar-refractivity contribution in [2.75, 3.05) is 13.6 Å². The third kappa shape index (κ3) is 1.05. The Morgan fingerprint density at radius 2 is 2.60 bits per heavy atom. The summed E-state index contributed by atoms with van der Waals surface area (Å²) in [4.78, 5) is 15.5. The average Bonchev–Trinajstić information content (AvgIpc) is 2.13. The molecule has 1 rings (SSSR count). The second-order valence-corrected chi connectivity index (χ2v) is 1.94. The van der Waals surface area contributed by atoms with E-state index >= 15 is 0 Å². The first-order chi connectivity index (χ1) is 4.74. The van der Waals surface area contributed by atoms with Crippen LogP contribution < -0.4 is 5.32 Å². The number of nitrogens with zero attached hydrogens (tertiary/aromatic N) is 3. The highest BCUT2D eigenvalue weighted by molar-refractivity contribution is 6.04. The number of nitriles is 1. The Morgan fingerprint density at radius 1 is 1.90 bits per heavy atom. The van der Waals surface area contributed by atoms with Gasteiger partial charge < -0.3 is 4.90 Å². The van der Waals surface area contributed by atoms with Gasteiger partial charge in [-0.1, -0.05) is 0 Å². The quantitative estimate of drug-likeness (QED) is 0.431. The second-order valence-electron chi connectivity index (χ2n) is 1.94. The van der Waals surface area contributed by atoms with Crippen LogP contribution in [-0.4, -0.2) is 30.4 Å². The molecule has 0 bridgehead atoms. The van der Waals surface area contributed by atoms with Crippen LogP contribution in [0.25, 0.3) is 0 Å². The van der Waals surface area contributed by atoms with E-state index in [2.05, 4.69) is 10.3 Å². The Hall–Kier alpha value is -1.57. The molecule has 0 unspecified atom stereocenters. The number of rotatable bonds is 0. The number of hydrogen-bond acceptors (Lipinski definition) is 3. The largest absolute Gasteiger partial charge is 0.335 e. The lowest BCUT2D eigenvalue weighted by atomic mass is 10.6. The van der Waals surface area contributed by atoms with E-state index in [1.54, 1.807) is 18.1 Å². The van der Waals surface area contributed by atoms with Crippen LogP contribution in [0.4, 0.5) is 0 Å². The Labute approximate surface area is 58.0 Å². The molecule has 1 amide bonds. The van der Waals surface area contributed by atoms with Gasteiger partial charge >= 0.3 is 0 Å². The molecular weight excluding hydrogens is 132 g/mol. The van der Waals surface area contributed by atoms with Gasteiger partial charge in [-0.05, 0) is 0 Å². The predicted octanol–water partition coefficient (Wildman–Crippen LogP) is -1.11. The van der Waals surface area contributed by atoms with E-state index < -0.39 is 0 Å². The van der Waals surface area contributed by atoms with Gasteiger partial charge in [-0.2, -0.15) is 5.26 Å². The van der Waals surface area contributed by atoms with Gasteiger partial charge in [-0.3, -0.25) is 10.1 Å². The van der Waals surface area contributed by atoms with E-state index in [4.69, 9.17) is 5.26 Å². The van der Waals surface area contributed by atoms with Gasteiger partial charge in [0.2, 0.25) is 18.1 Å². The molecule has 1 fully saturated rings. The highest BCUT2D eigenvalue weighted by Gasteiger charge is 2.20. The summed E-state index contributed by atoms with van der Waals surface area (Å²) in [5.74, 6) is 0.198. The van der Waals surface area contributed by atoms with Crippen LogP contribution in [-0.2, 0) is 4.79 Å². The molecule has 0 spiro atoms. The van der Waals surface area contributed by atoms with Gasteiger partial charge in [0.15, 0.2) is 0 Å². The summed E-state index contributed by atoms with van der Waals surface area (Å²) in [6.07, 6.45) is 1.59. The standard InChI is InChI=1S/C5H6N4O/c1-9-2-4(10)8-5(9)7-3-6/h2H2,1H3,(H,7,8,10). The molecule has 5 nitrogen and oxygen atoms in total. The summed E-state index contributed by atoms with van der Waals surface area (Å²) in [5, 5.41) is 10.5. The number of nitrogens with one attached hydrogen (secondary N) is 1. The lowest BCUT2D eigenvalue weighted by Crippen LogP contribution is -2.26. The smallest absolute Gasteiger partial charge is 0.246 e. The van der Waals surface area contributed by atoms with Crippen LogP contribution in [0.15, 0.2) is 4.99 Å². The minimum absolute atomic E-state index is 0.128. The molecule has 0 radical (unpaired) electrons. The van der Waals surface area contributed by atoms with Crippen LogP contribution in [0.2, 0.25) is 0 Å². The highest BCUT2D eigenvalue weighted by atomic mass is 16.2. The van der Waals surface area contributed by atoms with Crippen LogP contribution in [0.1, 0.15) is 0 Å². The molecular formula is C5H6N4O. The number of carbonyl (C=O) groups is 1. The zero-order chi connectivity index (χ0) is 7.56. The van der Waals surface area contributed by atoms with Crippen LogP contribution >= 0.6 is 0 Å². The van der Waals surface area contributed by atoms with Crippen molar-refractivity contribution in [3.8, 4) is 6.19 Å². The Morgan fingerprint density at radius 3 is 3.00 bits per heavy atom. The van der Waals surface area contributed by atoms with Crippen molar-refractivity contribution in [1.29, 1.82) is 5.26 Å². The third-order valence-corrected chi connectivity index (χ3v) is 1.15. The van der Waals surface area contributed by atoms with E-state index in [0.717, 1.165) is 0 Å². The molecule has 1 aliphatic heterocycles. The SMILES string of the molecule is CN1CC(=O)NC1=NC#N. The molecule has 0 saturated carbocycles. The maximum Gasteiger partial charge on any atom is 0.246 e. The van der Waals surface area contributed by atoms with Gasteiger partial charge in [-0.25, -0.2) is 0 Å². The van der Waals surface area contributed by atoms with Crippen LogP contribution in [0.5, 0.6) is 0 Å². The molecule has 1 aliphatic rings. The summed E-state index contributed by atoms with van der Waals surface area (Å²) < 4.78 is 0. The van der Waals surface area contributed by atoms with Crippen LogP contribution in [0, 0.1) is 11.5 Å². The van der Waals surface area contributed by atoms with Crippen molar-refractivity contribution in [2.24, 2.45) is 4.99 Å². The molecule has 0 aromatic heterocycles. The monoisotopic (exact) mass is 138 g/mol. The van der Waals surface area contributed by atoms with Crippen molar-refractivity contribution >= 4 is 11.9 Å². The van der Waals surface area contributed by atoms with Crippen molar-refractivity contribution in [1.82, 2.24) is 10.2 Å². The number of guanidine groups is 1. The van der Waals surface area contributed by atoms with Gasteiger partial charge in [0.05, 0.1) is 6.54 Å². The summed E-state index contributed by atoms with van der Waals surface area (Å²) in [7, 11) is 1.69. The fourth-order valence-electron chi connectivity index (χ4n) is 0.711.